The molecule has 2 N–H and O–H groups in total. The summed E-state index contributed by atoms with van der Waals surface area (Å²) in [6, 6.07) is 0. The maximum absolute atomic E-state index is 5.33. The van der Waals surface area contributed by atoms with Crippen molar-refractivity contribution in [1.29, 1.82) is 0 Å². The van der Waals surface area contributed by atoms with Crippen molar-refractivity contribution < 1.29 is 4.74 Å². The van der Waals surface area contributed by atoms with E-state index in [1.807, 2.05) is 23.7 Å². The smallest absolute Gasteiger partial charge is 0.180 e. The van der Waals surface area contributed by atoms with Crippen LogP contribution in [0.25, 0.3) is 5.65 Å². The first-order chi connectivity index (χ1) is 9.85. The van der Waals surface area contributed by atoms with Gasteiger partial charge in [-0.2, -0.15) is 0 Å². The van der Waals surface area contributed by atoms with Crippen LogP contribution in [-0.4, -0.2) is 40.7 Å². The third kappa shape index (κ3) is 3.84. The second-order valence-electron chi connectivity index (χ2n) is 4.54. The van der Waals surface area contributed by atoms with Gasteiger partial charge in [0.25, 0.3) is 0 Å². The quantitative estimate of drug-likeness (QED) is 0.689. The van der Waals surface area contributed by atoms with E-state index >= 15 is 0 Å². The van der Waals surface area contributed by atoms with Crippen molar-refractivity contribution in [2.24, 2.45) is 0 Å². The van der Waals surface area contributed by atoms with Crippen molar-refractivity contribution in [3.63, 3.8) is 0 Å². The molecule has 0 atom stereocenters. The first-order valence-electron chi connectivity index (χ1n) is 7.24. The predicted molar refractivity (Wildman–Crippen MR) is 81.4 cm³/mol. The Morgan fingerprint density at radius 1 is 1.25 bits per heavy atom. The molecule has 20 heavy (non-hydrogen) atoms. The largest absolute Gasteiger partial charge is 0.382 e. The number of rotatable bonds is 9. The normalized spacial score (nSPS) is 10.9. The first-order valence-corrected chi connectivity index (χ1v) is 7.24. The van der Waals surface area contributed by atoms with Crippen LogP contribution in [0.5, 0.6) is 0 Å². The summed E-state index contributed by atoms with van der Waals surface area (Å²) in [5, 5.41) is 6.64. The van der Waals surface area contributed by atoms with E-state index in [9.17, 15) is 0 Å². The molecule has 0 unspecified atom stereocenters. The van der Waals surface area contributed by atoms with Crippen LogP contribution in [0.4, 0.5) is 11.6 Å². The van der Waals surface area contributed by atoms with E-state index in [1.54, 1.807) is 6.20 Å². The third-order valence-corrected chi connectivity index (χ3v) is 2.89. The van der Waals surface area contributed by atoms with Crippen molar-refractivity contribution in [3.05, 3.63) is 18.6 Å². The minimum Gasteiger partial charge on any atom is -0.382 e. The maximum Gasteiger partial charge on any atom is 0.180 e. The van der Waals surface area contributed by atoms with Crippen LogP contribution in [0.3, 0.4) is 0 Å². The third-order valence-electron chi connectivity index (χ3n) is 2.89. The van der Waals surface area contributed by atoms with Crippen molar-refractivity contribution in [2.75, 3.05) is 36.9 Å². The van der Waals surface area contributed by atoms with Crippen LogP contribution in [-0.2, 0) is 4.74 Å². The number of aromatic nitrogens is 3. The monoisotopic (exact) mass is 277 g/mol. The Balaban J connectivity index is 2.03. The van der Waals surface area contributed by atoms with E-state index in [0.29, 0.717) is 0 Å². The van der Waals surface area contributed by atoms with E-state index in [0.717, 1.165) is 56.4 Å². The van der Waals surface area contributed by atoms with Crippen LogP contribution in [0.15, 0.2) is 18.6 Å². The molecule has 0 aliphatic carbocycles. The molecule has 0 spiro atoms. The highest BCUT2D eigenvalue weighted by Gasteiger charge is 2.06. The summed E-state index contributed by atoms with van der Waals surface area (Å²) in [7, 11) is 0. The minimum absolute atomic E-state index is 0.763. The number of anilines is 2. The lowest BCUT2D eigenvalue weighted by Gasteiger charge is -2.10. The Hall–Kier alpha value is -1.82. The minimum atomic E-state index is 0.763. The summed E-state index contributed by atoms with van der Waals surface area (Å²) in [6.45, 7) is 7.41. The van der Waals surface area contributed by atoms with E-state index in [-0.39, 0.29) is 0 Å². The number of fused-ring (bicyclic) bond motifs is 1. The Kier molecular flexibility index (Phi) is 5.61. The molecule has 0 fully saturated rings. The molecule has 0 aromatic carbocycles. The summed E-state index contributed by atoms with van der Waals surface area (Å²) in [5.41, 5.74) is 0.850. The molecule has 2 rings (SSSR count). The molecule has 0 radical (unpaired) electrons. The van der Waals surface area contributed by atoms with Gasteiger partial charge in [0, 0.05) is 38.7 Å². The Bertz CT molecular complexity index is 525. The number of nitrogens with zero attached hydrogens (tertiary/aromatic N) is 3. The molecular weight excluding hydrogens is 254 g/mol. The summed E-state index contributed by atoms with van der Waals surface area (Å²) < 4.78 is 7.31. The molecule has 2 heterocycles. The molecule has 0 amide bonds. The van der Waals surface area contributed by atoms with Gasteiger partial charge in [0.2, 0.25) is 0 Å². The fourth-order valence-corrected chi connectivity index (χ4v) is 1.91. The van der Waals surface area contributed by atoms with Crippen LogP contribution < -0.4 is 10.6 Å². The molecule has 2 aromatic heterocycles. The highest BCUT2D eigenvalue weighted by atomic mass is 16.5. The number of hydrogen-bond donors (Lipinski definition) is 2. The second-order valence-corrected chi connectivity index (χ2v) is 4.54. The van der Waals surface area contributed by atoms with Gasteiger partial charge in [-0.25, -0.2) is 9.97 Å². The zero-order valence-corrected chi connectivity index (χ0v) is 12.2. The number of hydrogen-bond acceptors (Lipinski definition) is 5. The van der Waals surface area contributed by atoms with E-state index in [2.05, 4.69) is 27.5 Å². The standard InChI is InChI=1S/C14H23N5O/c1-3-6-15-12-11-19-9-8-17-14(19)13(18-12)16-7-5-10-20-4-2/h8-9,11,15H,3-7,10H2,1-2H3,(H,16,18). The highest BCUT2D eigenvalue weighted by Crippen LogP contribution is 2.16. The van der Waals surface area contributed by atoms with Gasteiger partial charge in [0.15, 0.2) is 11.5 Å². The lowest BCUT2D eigenvalue weighted by molar-refractivity contribution is 0.147. The van der Waals surface area contributed by atoms with Gasteiger partial charge < -0.3 is 19.8 Å². The van der Waals surface area contributed by atoms with Crippen LogP contribution in [0, 0.1) is 0 Å². The average molecular weight is 277 g/mol. The van der Waals surface area contributed by atoms with Gasteiger partial charge in [0.1, 0.15) is 5.82 Å². The topological polar surface area (TPSA) is 63.5 Å². The maximum atomic E-state index is 5.33. The van der Waals surface area contributed by atoms with Gasteiger partial charge >= 0.3 is 0 Å². The fraction of sp³-hybridized carbons (Fsp3) is 0.571. The van der Waals surface area contributed by atoms with Crippen molar-refractivity contribution in [2.45, 2.75) is 26.7 Å². The molecule has 110 valence electrons. The molecule has 0 bridgehead atoms. The number of imidazole rings is 1. The summed E-state index contributed by atoms with van der Waals surface area (Å²) in [6.07, 6.45) is 7.70. The Labute approximate surface area is 119 Å². The Morgan fingerprint density at radius 2 is 2.15 bits per heavy atom. The molecule has 0 saturated heterocycles. The van der Waals surface area contributed by atoms with E-state index in [4.69, 9.17) is 4.74 Å². The zero-order chi connectivity index (χ0) is 14.2. The molecule has 6 heteroatoms. The van der Waals surface area contributed by atoms with Gasteiger partial charge in [-0.1, -0.05) is 6.92 Å². The lowest BCUT2D eigenvalue weighted by Crippen LogP contribution is -2.10. The molecule has 0 aliphatic heterocycles. The van der Waals surface area contributed by atoms with Crippen LogP contribution in [0.1, 0.15) is 26.7 Å². The van der Waals surface area contributed by atoms with Crippen molar-refractivity contribution in [3.8, 4) is 0 Å². The van der Waals surface area contributed by atoms with Crippen molar-refractivity contribution >= 4 is 17.3 Å². The average Bonchev–Trinajstić information content (AvgIpc) is 2.93. The van der Waals surface area contributed by atoms with Gasteiger partial charge in [-0.05, 0) is 19.8 Å². The Morgan fingerprint density at radius 3 is 2.95 bits per heavy atom. The second kappa shape index (κ2) is 7.69. The highest BCUT2D eigenvalue weighted by molar-refractivity contribution is 5.65. The summed E-state index contributed by atoms with van der Waals surface area (Å²) in [5.74, 6) is 1.68. The number of nitrogens with one attached hydrogen (secondary N) is 2. The van der Waals surface area contributed by atoms with Gasteiger partial charge in [-0.3, -0.25) is 0 Å². The van der Waals surface area contributed by atoms with E-state index < -0.39 is 0 Å². The van der Waals surface area contributed by atoms with Gasteiger partial charge in [0.05, 0.1) is 6.20 Å². The molecule has 0 saturated carbocycles. The summed E-state index contributed by atoms with van der Waals surface area (Å²) in [4.78, 5) is 8.92. The SMILES string of the molecule is CCCNc1cn2ccnc2c(NCCCOCC)n1. The predicted octanol–water partition coefficient (Wildman–Crippen LogP) is 2.39. The molecule has 0 aliphatic rings. The number of ether oxygens (including phenoxy) is 1. The molecule has 6 nitrogen and oxygen atoms in total. The first kappa shape index (κ1) is 14.6. The summed E-state index contributed by atoms with van der Waals surface area (Å²) >= 11 is 0. The van der Waals surface area contributed by atoms with Crippen LogP contribution >= 0.6 is 0 Å². The fourth-order valence-electron chi connectivity index (χ4n) is 1.91. The van der Waals surface area contributed by atoms with Crippen molar-refractivity contribution in [1.82, 2.24) is 14.4 Å². The molecule has 2 aromatic rings. The zero-order valence-electron chi connectivity index (χ0n) is 12.2. The lowest BCUT2D eigenvalue weighted by atomic mass is 10.4. The van der Waals surface area contributed by atoms with Gasteiger partial charge in [-0.15, -0.1) is 0 Å². The molecular formula is C14H23N5O. The van der Waals surface area contributed by atoms with Crippen LogP contribution in [0.2, 0.25) is 0 Å². The van der Waals surface area contributed by atoms with E-state index in [1.165, 1.54) is 0 Å².